The first kappa shape index (κ1) is 10.6. The monoisotopic (exact) mass is 235 g/mol. The topological polar surface area (TPSA) is 55.7 Å². The average Bonchev–Trinajstić information content (AvgIpc) is 2.35. The maximum Gasteiger partial charge on any atom is 0.534 e. The van der Waals surface area contributed by atoms with Crippen LogP contribution >= 0.6 is 11.8 Å². The van der Waals surface area contributed by atoms with Gasteiger partial charge in [-0.3, -0.25) is 0 Å². The Kier molecular flexibility index (Phi) is 2.76. The molecule has 0 aliphatic carbocycles. The van der Waals surface area contributed by atoms with Gasteiger partial charge >= 0.3 is 15.6 Å². The van der Waals surface area contributed by atoms with Crippen molar-refractivity contribution in [2.75, 3.05) is 12.3 Å². The smallest absolute Gasteiger partial charge is 0.349 e. The first-order valence-electron chi connectivity index (χ1n) is 3.01. The van der Waals surface area contributed by atoms with Gasteiger partial charge in [0.05, 0.1) is 6.54 Å². The maximum atomic E-state index is 11.7. The van der Waals surface area contributed by atoms with E-state index in [0.29, 0.717) is 5.75 Å². The van der Waals surface area contributed by atoms with Gasteiger partial charge in [-0.2, -0.15) is 21.6 Å². The maximum absolute atomic E-state index is 11.7. The van der Waals surface area contributed by atoms with Crippen molar-refractivity contribution in [1.82, 2.24) is 0 Å². The van der Waals surface area contributed by atoms with Crippen LogP contribution in [-0.4, -0.2) is 31.5 Å². The van der Waals surface area contributed by atoms with Crippen LogP contribution in [0, 0.1) is 0 Å². The van der Waals surface area contributed by atoms with Crippen LogP contribution in [-0.2, 0) is 14.3 Å². The van der Waals surface area contributed by atoms with Crippen LogP contribution in [0.5, 0.6) is 0 Å². The summed E-state index contributed by atoms with van der Waals surface area (Å²) in [5.74, 6) is 0.433. The van der Waals surface area contributed by atoms with Crippen LogP contribution in [0.25, 0.3) is 0 Å². The zero-order valence-electron chi connectivity index (χ0n) is 6.04. The molecule has 0 saturated carbocycles. The third kappa shape index (κ3) is 2.50. The van der Waals surface area contributed by atoms with E-state index < -0.39 is 20.9 Å². The summed E-state index contributed by atoms with van der Waals surface area (Å²) in [5.41, 5.74) is -5.39. The Hall–Kier alpha value is -0.440. The third-order valence-corrected chi connectivity index (χ3v) is 2.92. The van der Waals surface area contributed by atoms with E-state index in [9.17, 15) is 21.6 Å². The zero-order chi connectivity index (χ0) is 10.1. The molecule has 9 heteroatoms. The molecule has 0 fully saturated rings. The quantitative estimate of drug-likeness (QED) is 0.501. The summed E-state index contributed by atoms with van der Waals surface area (Å²) in [7, 11) is -5.53. The Bertz CT molecular complexity index is 320. The summed E-state index contributed by atoms with van der Waals surface area (Å²) >= 11 is 0.834. The minimum Gasteiger partial charge on any atom is -0.349 e. The highest BCUT2D eigenvalue weighted by atomic mass is 32.2. The van der Waals surface area contributed by atoms with Crippen molar-refractivity contribution in [3.63, 3.8) is 0 Å². The summed E-state index contributed by atoms with van der Waals surface area (Å²) in [6, 6.07) is 0. The molecule has 0 N–H and O–H groups in total. The second-order valence-corrected chi connectivity index (χ2v) is 4.56. The van der Waals surface area contributed by atoms with E-state index in [0.717, 1.165) is 11.8 Å². The van der Waals surface area contributed by atoms with Gasteiger partial charge in [0.25, 0.3) is 5.23 Å². The van der Waals surface area contributed by atoms with Crippen LogP contribution in [0.15, 0.2) is 4.99 Å². The number of hydrogen-bond donors (Lipinski definition) is 0. The van der Waals surface area contributed by atoms with Gasteiger partial charge in [-0.25, -0.2) is 4.99 Å². The minimum atomic E-state index is -5.53. The fourth-order valence-corrected chi connectivity index (χ4v) is 1.84. The lowest BCUT2D eigenvalue weighted by molar-refractivity contribution is -0.0503. The molecule has 0 unspecified atom stereocenters. The molecule has 0 aromatic heterocycles. The summed E-state index contributed by atoms with van der Waals surface area (Å²) in [4.78, 5) is 3.41. The highest BCUT2D eigenvalue weighted by Gasteiger charge is 2.49. The fraction of sp³-hybridized carbons (Fsp3) is 0.750. The minimum absolute atomic E-state index is 0.271. The number of rotatable bonds is 1. The van der Waals surface area contributed by atoms with Crippen LogP contribution in [0.2, 0.25) is 0 Å². The first-order chi connectivity index (χ1) is 5.83. The van der Waals surface area contributed by atoms with E-state index in [1.807, 2.05) is 0 Å². The predicted octanol–water partition coefficient (Wildman–Crippen LogP) is 0.955. The standard InChI is InChI=1S/C4H4F3NO3S2/c5-4(6,7)13(9,10)11-3-8-1-2-12-3/h1-2H2. The molecule has 0 aromatic carbocycles. The summed E-state index contributed by atoms with van der Waals surface area (Å²) in [6.45, 7) is 0.271. The number of hydrogen-bond acceptors (Lipinski definition) is 5. The molecular weight excluding hydrogens is 231 g/mol. The second kappa shape index (κ2) is 3.37. The van der Waals surface area contributed by atoms with Crippen LogP contribution in [0.3, 0.4) is 0 Å². The Labute approximate surface area is 76.3 Å². The largest absolute Gasteiger partial charge is 0.534 e. The molecule has 1 aliphatic heterocycles. The molecule has 0 radical (unpaired) electrons. The molecular formula is C4H4F3NO3S2. The van der Waals surface area contributed by atoms with Crippen molar-refractivity contribution in [1.29, 1.82) is 0 Å². The van der Waals surface area contributed by atoms with E-state index in [4.69, 9.17) is 0 Å². The lowest BCUT2D eigenvalue weighted by Crippen LogP contribution is -2.26. The van der Waals surface area contributed by atoms with Crippen LogP contribution in [0.4, 0.5) is 13.2 Å². The van der Waals surface area contributed by atoms with Crippen molar-refractivity contribution in [3.05, 3.63) is 0 Å². The van der Waals surface area contributed by atoms with Gasteiger partial charge in [0.2, 0.25) is 0 Å². The Morgan fingerprint density at radius 3 is 2.46 bits per heavy atom. The Morgan fingerprint density at radius 2 is 2.08 bits per heavy atom. The van der Waals surface area contributed by atoms with Crippen molar-refractivity contribution in [2.45, 2.75) is 5.51 Å². The second-order valence-electron chi connectivity index (χ2n) is 1.98. The summed E-state index contributed by atoms with van der Waals surface area (Å²) < 4.78 is 59.6. The highest BCUT2D eigenvalue weighted by Crippen LogP contribution is 2.27. The molecule has 0 aromatic rings. The van der Waals surface area contributed by atoms with E-state index in [1.165, 1.54) is 0 Å². The van der Waals surface area contributed by atoms with Gasteiger partial charge in [0, 0.05) is 5.75 Å². The normalized spacial score (nSPS) is 18.5. The molecule has 1 aliphatic rings. The predicted molar refractivity (Wildman–Crippen MR) is 40.8 cm³/mol. The van der Waals surface area contributed by atoms with Crippen LogP contribution < -0.4 is 0 Å². The van der Waals surface area contributed by atoms with E-state index >= 15 is 0 Å². The summed E-state index contributed by atoms with van der Waals surface area (Å²) in [6.07, 6.45) is 0. The summed E-state index contributed by atoms with van der Waals surface area (Å²) in [5, 5.41) is -0.447. The molecule has 0 amide bonds. The number of halogens is 3. The number of nitrogens with zero attached hydrogens (tertiary/aromatic N) is 1. The average molecular weight is 235 g/mol. The van der Waals surface area contributed by atoms with Gasteiger partial charge in [-0.15, -0.1) is 0 Å². The van der Waals surface area contributed by atoms with Crippen LogP contribution in [0.1, 0.15) is 0 Å². The number of thioether (sulfide) groups is 1. The number of alkyl halides is 3. The third-order valence-electron chi connectivity index (χ3n) is 1.02. The lowest BCUT2D eigenvalue weighted by Gasteiger charge is -2.07. The lowest BCUT2D eigenvalue weighted by atomic mass is 10.8. The van der Waals surface area contributed by atoms with Gasteiger partial charge < -0.3 is 4.18 Å². The zero-order valence-corrected chi connectivity index (χ0v) is 7.67. The molecule has 1 rings (SSSR count). The fourth-order valence-electron chi connectivity index (χ4n) is 0.507. The van der Waals surface area contributed by atoms with Gasteiger partial charge in [-0.1, -0.05) is 11.8 Å². The highest BCUT2D eigenvalue weighted by molar-refractivity contribution is 8.14. The van der Waals surface area contributed by atoms with Gasteiger partial charge in [0.1, 0.15) is 0 Å². The van der Waals surface area contributed by atoms with E-state index in [1.54, 1.807) is 0 Å². The molecule has 13 heavy (non-hydrogen) atoms. The Balaban J connectivity index is 2.73. The molecule has 76 valence electrons. The van der Waals surface area contributed by atoms with Crippen molar-refractivity contribution in [2.24, 2.45) is 4.99 Å². The van der Waals surface area contributed by atoms with Gasteiger partial charge in [-0.05, 0) is 0 Å². The van der Waals surface area contributed by atoms with Crippen molar-refractivity contribution in [3.8, 4) is 0 Å². The molecule has 1 heterocycles. The number of aliphatic imine (C=N–C) groups is 1. The molecule has 0 saturated heterocycles. The van der Waals surface area contributed by atoms with E-state index in [-0.39, 0.29) is 6.54 Å². The SMILES string of the molecule is O=S(=O)(OC1=NCCS1)C(F)(F)F. The van der Waals surface area contributed by atoms with E-state index in [2.05, 4.69) is 9.18 Å². The molecule has 0 atom stereocenters. The molecule has 4 nitrogen and oxygen atoms in total. The van der Waals surface area contributed by atoms with Gasteiger partial charge in [0.15, 0.2) is 0 Å². The Morgan fingerprint density at radius 1 is 1.46 bits per heavy atom. The molecule has 0 spiro atoms. The van der Waals surface area contributed by atoms with Crippen molar-refractivity contribution >= 4 is 27.1 Å². The molecule has 0 bridgehead atoms. The first-order valence-corrected chi connectivity index (χ1v) is 5.40. The van der Waals surface area contributed by atoms with Crippen molar-refractivity contribution < 1.29 is 25.8 Å².